The molecule has 1 fully saturated rings. The number of hydrazone groups is 1. The van der Waals surface area contributed by atoms with Crippen LogP contribution < -0.4 is 5.84 Å². The molecule has 1 unspecified atom stereocenters. The third-order valence-corrected chi connectivity index (χ3v) is 4.44. The number of hydrogen-bond donors (Lipinski definition) is 2. The molecule has 0 amide bonds. The molecule has 132 valence electrons. The Kier molecular flexibility index (Phi) is 5.45. The number of nitrogens with two attached hydrogens (primary N) is 1. The van der Waals surface area contributed by atoms with E-state index in [9.17, 15) is 4.79 Å². The van der Waals surface area contributed by atoms with Crippen LogP contribution in [-0.4, -0.2) is 53.6 Å². The molecule has 1 atom stereocenters. The quantitative estimate of drug-likeness (QED) is 0.366. The van der Waals surface area contributed by atoms with Crippen LogP contribution in [0.4, 0.5) is 0 Å². The molecule has 0 radical (unpaired) electrons. The summed E-state index contributed by atoms with van der Waals surface area (Å²) in [6.45, 7) is 1.68. The summed E-state index contributed by atoms with van der Waals surface area (Å²) in [5.41, 5.74) is 4.22. The highest BCUT2D eigenvalue weighted by Crippen LogP contribution is 2.23. The van der Waals surface area contributed by atoms with Gasteiger partial charge in [0.25, 0.3) is 0 Å². The first kappa shape index (κ1) is 17.2. The summed E-state index contributed by atoms with van der Waals surface area (Å²) in [6, 6.07) is 7.86. The van der Waals surface area contributed by atoms with Crippen molar-refractivity contribution in [3.63, 3.8) is 0 Å². The molecule has 0 spiro atoms. The van der Waals surface area contributed by atoms with Crippen molar-refractivity contribution >= 4 is 17.9 Å². The van der Waals surface area contributed by atoms with Gasteiger partial charge in [-0.1, -0.05) is 35.0 Å². The van der Waals surface area contributed by atoms with Crippen LogP contribution in [0.15, 0.2) is 46.2 Å². The molecule has 3 N–H and O–H groups in total. The predicted octanol–water partition coefficient (Wildman–Crippen LogP) is 1.58. The molecule has 1 aromatic carbocycles. The van der Waals surface area contributed by atoms with Crippen molar-refractivity contribution in [1.29, 1.82) is 0 Å². The molecular weight excluding hydrogens is 320 g/mol. The number of piperidine rings is 1. The Morgan fingerprint density at radius 2 is 2.08 bits per heavy atom. The van der Waals surface area contributed by atoms with Crippen molar-refractivity contribution in [1.82, 2.24) is 4.90 Å². The van der Waals surface area contributed by atoms with Gasteiger partial charge in [0, 0.05) is 19.5 Å². The average molecular weight is 342 g/mol. The Bertz CT molecular complexity index is 700. The Hall–Kier alpha value is -2.67. The third kappa shape index (κ3) is 4.67. The van der Waals surface area contributed by atoms with Gasteiger partial charge in [0.2, 0.25) is 0 Å². The normalized spacial score (nSPS) is 21.2. The number of nitrogens with zero attached hydrogens (tertiary/aromatic N) is 3. The summed E-state index contributed by atoms with van der Waals surface area (Å²) in [7, 11) is 0. The summed E-state index contributed by atoms with van der Waals surface area (Å²) in [6.07, 6.45) is 6.21. The monoisotopic (exact) mass is 342 g/mol. The molecule has 1 saturated heterocycles. The molecule has 1 aromatic rings. The van der Waals surface area contributed by atoms with E-state index in [1.54, 1.807) is 6.21 Å². The van der Waals surface area contributed by atoms with Crippen LogP contribution in [0.25, 0.3) is 0 Å². The van der Waals surface area contributed by atoms with Crippen LogP contribution >= 0.6 is 0 Å². The molecule has 25 heavy (non-hydrogen) atoms. The average Bonchev–Trinajstić information content (AvgIpc) is 3.06. The van der Waals surface area contributed by atoms with Gasteiger partial charge in [-0.15, -0.1) is 0 Å². The van der Waals surface area contributed by atoms with Gasteiger partial charge >= 0.3 is 5.97 Å². The minimum atomic E-state index is -0.770. The third-order valence-electron chi connectivity index (χ3n) is 4.44. The largest absolute Gasteiger partial charge is 0.480 e. The zero-order valence-corrected chi connectivity index (χ0v) is 14.0. The molecule has 2 aliphatic heterocycles. The van der Waals surface area contributed by atoms with Crippen molar-refractivity contribution in [2.24, 2.45) is 16.1 Å². The first-order chi connectivity index (χ1) is 12.1. The number of aliphatic carboxylic acids is 1. The second-order valence-electron chi connectivity index (χ2n) is 6.28. The summed E-state index contributed by atoms with van der Waals surface area (Å²) < 4.78 is 0. The zero-order chi connectivity index (χ0) is 17.6. The Labute approximate surface area is 146 Å². The molecule has 7 nitrogen and oxygen atoms in total. The molecule has 0 saturated carbocycles. The molecule has 2 aliphatic rings. The van der Waals surface area contributed by atoms with Crippen LogP contribution in [0.5, 0.6) is 0 Å². The van der Waals surface area contributed by atoms with Crippen LogP contribution in [0, 0.1) is 0 Å². The second-order valence-corrected chi connectivity index (χ2v) is 6.28. The summed E-state index contributed by atoms with van der Waals surface area (Å²) in [4.78, 5) is 18.3. The first-order valence-corrected chi connectivity index (χ1v) is 8.34. The van der Waals surface area contributed by atoms with Crippen LogP contribution in [0.1, 0.15) is 30.4 Å². The number of carbonyl (C=O) groups is 1. The zero-order valence-electron chi connectivity index (χ0n) is 14.0. The maximum absolute atomic E-state index is 10.8. The maximum atomic E-state index is 10.8. The van der Waals surface area contributed by atoms with E-state index >= 15 is 0 Å². The number of oxime groups is 1. The van der Waals surface area contributed by atoms with Gasteiger partial charge in [-0.2, -0.15) is 5.10 Å². The van der Waals surface area contributed by atoms with Crippen molar-refractivity contribution in [2.75, 3.05) is 19.6 Å². The highest BCUT2D eigenvalue weighted by atomic mass is 16.6. The lowest BCUT2D eigenvalue weighted by Crippen LogP contribution is -2.35. The number of rotatable bonds is 5. The summed E-state index contributed by atoms with van der Waals surface area (Å²) in [5.74, 6) is 4.38. The van der Waals surface area contributed by atoms with Gasteiger partial charge in [-0.3, -0.25) is 9.69 Å². The molecule has 0 aliphatic carbocycles. The van der Waals surface area contributed by atoms with Gasteiger partial charge < -0.3 is 15.8 Å². The van der Waals surface area contributed by atoms with E-state index in [-0.39, 0.29) is 12.6 Å². The minimum Gasteiger partial charge on any atom is -0.480 e. The van der Waals surface area contributed by atoms with Gasteiger partial charge in [0.1, 0.15) is 0 Å². The molecular formula is C18H22N4O3. The molecule has 2 heterocycles. The van der Waals surface area contributed by atoms with Crippen molar-refractivity contribution in [3.05, 3.63) is 47.0 Å². The maximum Gasteiger partial charge on any atom is 0.317 e. The predicted molar refractivity (Wildman–Crippen MR) is 95.6 cm³/mol. The molecule has 3 rings (SSSR count). The van der Waals surface area contributed by atoms with Crippen molar-refractivity contribution in [3.8, 4) is 0 Å². The Morgan fingerprint density at radius 3 is 2.72 bits per heavy atom. The number of carboxylic acid groups (broad SMARTS) is 1. The standard InChI is InChI=1S/C18H22N4O3/c19-20-11-14-1-3-15(4-2-14)17-10-16(25-21-17)9-13-5-7-22(8-6-13)12-18(23)24/h1-4,9,11,16H,5-8,10,12,19H2,(H,23,24). The highest BCUT2D eigenvalue weighted by Gasteiger charge is 2.22. The van der Waals surface area contributed by atoms with E-state index in [0.717, 1.165) is 49.2 Å². The van der Waals surface area contributed by atoms with E-state index in [0.29, 0.717) is 0 Å². The van der Waals surface area contributed by atoms with Gasteiger partial charge in [-0.25, -0.2) is 0 Å². The number of hydrogen-bond acceptors (Lipinski definition) is 6. The van der Waals surface area contributed by atoms with E-state index in [4.69, 9.17) is 15.8 Å². The number of likely N-dealkylation sites (tertiary alicyclic amines) is 1. The highest BCUT2D eigenvalue weighted by molar-refractivity contribution is 6.01. The van der Waals surface area contributed by atoms with E-state index in [2.05, 4.69) is 16.3 Å². The number of carboxylic acids is 1. The van der Waals surface area contributed by atoms with Crippen LogP contribution in [0.3, 0.4) is 0 Å². The second kappa shape index (κ2) is 7.94. The van der Waals surface area contributed by atoms with Gasteiger partial charge in [0.05, 0.1) is 18.5 Å². The smallest absolute Gasteiger partial charge is 0.317 e. The number of benzene rings is 1. The SMILES string of the molecule is NN=Cc1ccc(C2=NOC(C=C3CCN(CC(=O)O)CC3)C2)cc1. The van der Waals surface area contributed by atoms with Crippen molar-refractivity contribution < 1.29 is 14.7 Å². The molecule has 0 bridgehead atoms. The Morgan fingerprint density at radius 1 is 1.36 bits per heavy atom. The molecule has 0 aromatic heterocycles. The van der Waals surface area contributed by atoms with E-state index in [1.165, 1.54) is 5.57 Å². The fourth-order valence-corrected chi connectivity index (χ4v) is 3.12. The molecule has 7 heteroatoms. The fraction of sp³-hybridized carbons (Fsp3) is 0.389. The van der Waals surface area contributed by atoms with Crippen molar-refractivity contribution in [2.45, 2.75) is 25.4 Å². The lowest BCUT2D eigenvalue weighted by atomic mass is 9.98. The summed E-state index contributed by atoms with van der Waals surface area (Å²) in [5, 5.41) is 16.6. The van der Waals surface area contributed by atoms with Crippen LogP contribution in [0.2, 0.25) is 0 Å². The first-order valence-electron chi connectivity index (χ1n) is 8.34. The van der Waals surface area contributed by atoms with Crippen LogP contribution in [-0.2, 0) is 9.63 Å². The van der Waals surface area contributed by atoms with Gasteiger partial charge in [-0.05, 0) is 30.0 Å². The lowest BCUT2D eigenvalue weighted by molar-refractivity contribution is -0.138. The topological polar surface area (TPSA) is 101 Å². The Balaban J connectivity index is 1.53. The fourth-order valence-electron chi connectivity index (χ4n) is 3.12. The van der Waals surface area contributed by atoms with E-state index < -0.39 is 5.97 Å². The lowest BCUT2D eigenvalue weighted by Gasteiger charge is -2.27. The summed E-state index contributed by atoms with van der Waals surface area (Å²) >= 11 is 0. The van der Waals surface area contributed by atoms with E-state index in [1.807, 2.05) is 29.2 Å². The van der Waals surface area contributed by atoms with Gasteiger partial charge in [0.15, 0.2) is 6.10 Å². The minimum absolute atomic E-state index is 0.0405.